The maximum absolute atomic E-state index is 11.3. The molecule has 0 atom stereocenters. The van der Waals surface area contributed by atoms with Gasteiger partial charge in [-0.1, -0.05) is 36.4 Å². The Morgan fingerprint density at radius 3 is 2.45 bits per heavy atom. The fourth-order valence-corrected chi connectivity index (χ4v) is 2.62. The van der Waals surface area contributed by atoms with Gasteiger partial charge < -0.3 is 9.47 Å². The minimum absolute atomic E-state index is 0.568. The van der Waals surface area contributed by atoms with Crippen LogP contribution in [0.1, 0.15) is 10.4 Å². The average molecular weight is 266 g/mol. The lowest BCUT2D eigenvalue weighted by Gasteiger charge is -2.14. The number of ether oxygens (including phenoxy) is 2. The van der Waals surface area contributed by atoms with Crippen LogP contribution in [0.25, 0.3) is 21.5 Å². The van der Waals surface area contributed by atoms with Crippen LogP contribution >= 0.6 is 0 Å². The number of hydrogen-bond donors (Lipinski definition) is 0. The zero-order valence-corrected chi connectivity index (χ0v) is 11.3. The number of aldehydes is 1. The molecule has 0 N–H and O–H groups in total. The van der Waals surface area contributed by atoms with Crippen LogP contribution in [-0.4, -0.2) is 20.5 Å². The Balaban J connectivity index is 2.60. The molecule has 0 fully saturated rings. The number of methoxy groups -OCH3 is 2. The van der Waals surface area contributed by atoms with Crippen molar-refractivity contribution >= 4 is 27.8 Å². The molecule has 3 aromatic carbocycles. The predicted octanol–water partition coefficient (Wildman–Crippen LogP) is 3.82. The summed E-state index contributed by atoms with van der Waals surface area (Å²) >= 11 is 0. The number of carbonyl (C=O) groups is 1. The number of hydrogen-bond acceptors (Lipinski definition) is 3. The van der Waals surface area contributed by atoms with Crippen LogP contribution in [0, 0.1) is 0 Å². The Morgan fingerprint density at radius 1 is 0.950 bits per heavy atom. The molecule has 0 aliphatic carbocycles. The first kappa shape index (κ1) is 12.5. The van der Waals surface area contributed by atoms with Gasteiger partial charge >= 0.3 is 0 Å². The van der Waals surface area contributed by atoms with Gasteiger partial charge in [-0.15, -0.1) is 0 Å². The van der Waals surface area contributed by atoms with Crippen LogP contribution in [0.5, 0.6) is 11.5 Å². The van der Waals surface area contributed by atoms with Crippen molar-refractivity contribution in [3.8, 4) is 11.5 Å². The molecule has 0 aliphatic heterocycles. The fraction of sp³-hybridized carbons (Fsp3) is 0.118. The lowest BCUT2D eigenvalue weighted by Crippen LogP contribution is -1.95. The number of fused-ring (bicyclic) bond motifs is 3. The minimum atomic E-state index is 0.568. The van der Waals surface area contributed by atoms with E-state index in [-0.39, 0.29) is 0 Å². The Labute approximate surface area is 116 Å². The molecule has 3 nitrogen and oxygen atoms in total. The highest BCUT2D eigenvalue weighted by Gasteiger charge is 2.15. The summed E-state index contributed by atoms with van der Waals surface area (Å²) in [5.41, 5.74) is 0.600. The summed E-state index contributed by atoms with van der Waals surface area (Å²) in [7, 11) is 3.18. The second-order valence-corrected chi connectivity index (χ2v) is 4.53. The van der Waals surface area contributed by atoms with Gasteiger partial charge in [0.1, 0.15) is 0 Å². The van der Waals surface area contributed by atoms with Crippen molar-refractivity contribution in [2.45, 2.75) is 0 Å². The first-order valence-corrected chi connectivity index (χ1v) is 6.31. The molecular weight excluding hydrogens is 252 g/mol. The second kappa shape index (κ2) is 4.85. The normalized spacial score (nSPS) is 10.7. The molecule has 0 aliphatic rings. The van der Waals surface area contributed by atoms with Crippen molar-refractivity contribution in [3.63, 3.8) is 0 Å². The van der Waals surface area contributed by atoms with Crippen LogP contribution in [-0.2, 0) is 0 Å². The van der Waals surface area contributed by atoms with Crippen LogP contribution in [0.4, 0.5) is 0 Å². The lowest BCUT2D eigenvalue weighted by molar-refractivity contribution is 0.112. The molecule has 0 saturated carbocycles. The Hall–Kier alpha value is -2.55. The van der Waals surface area contributed by atoms with E-state index in [1.54, 1.807) is 20.3 Å². The van der Waals surface area contributed by atoms with Gasteiger partial charge in [0.05, 0.1) is 14.2 Å². The molecule has 0 aromatic heterocycles. The van der Waals surface area contributed by atoms with Crippen molar-refractivity contribution in [1.29, 1.82) is 0 Å². The predicted molar refractivity (Wildman–Crippen MR) is 79.9 cm³/mol. The van der Waals surface area contributed by atoms with Crippen LogP contribution in [0.15, 0.2) is 42.5 Å². The van der Waals surface area contributed by atoms with Gasteiger partial charge in [0.15, 0.2) is 17.8 Å². The summed E-state index contributed by atoms with van der Waals surface area (Å²) in [4.78, 5) is 11.3. The van der Waals surface area contributed by atoms with E-state index in [9.17, 15) is 4.79 Å². The second-order valence-electron chi connectivity index (χ2n) is 4.53. The lowest BCUT2D eigenvalue weighted by atomic mass is 9.97. The fourth-order valence-electron chi connectivity index (χ4n) is 2.62. The van der Waals surface area contributed by atoms with Gasteiger partial charge in [-0.25, -0.2) is 0 Å². The maximum Gasteiger partial charge on any atom is 0.169 e. The van der Waals surface area contributed by atoms with E-state index < -0.39 is 0 Å². The summed E-state index contributed by atoms with van der Waals surface area (Å²) in [5, 5.41) is 3.93. The summed E-state index contributed by atoms with van der Waals surface area (Å²) in [5.74, 6) is 1.23. The van der Waals surface area contributed by atoms with Gasteiger partial charge in [0.2, 0.25) is 0 Å². The molecule has 20 heavy (non-hydrogen) atoms. The van der Waals surface area contributed by atoms with Crippen molar-refractivity contribution in [1.82, 2.24) is 0 Å². The largest absolute Gasteiger partial charge is 0.493 e. The molecule has 0 spiro atoms. The van der Waals surface area contributed by atoms with Crippen LogP contribution < -0.4 is 9.47 Å². The average Bonchev–Trinajstić information content (AvgIpc) is 2.52. The van der Waals surface area contributed by atoms with Gasteiger partial charge in [0, 0.05) is 10.9 Å². The van der Waals surface area contributed by atoms with Gasteiger partial charge in [-0.2, -0.15) is 0 Å². The van der Waals surface area contributed by atoms with Gasteiger partial charge in [-0.3, -0.25) is 4.79 Å². The number of carbonyl (C=O) groups excluding carboxylic acids is 1. The number of rotatable bonds is 3. The molecule has 0 unspecified atom stereocenters. The third kappa shape index (κ3) is 1.71. The van der Waals surface area contributed by atoms with E-state index in [1.807, 2.05) is 36.4 Å². The highest BCUT2D eigenvalue weighted by Crippen LogP contribution is 2.41. The molecule has 0 heterocycles. The number of benzene rings is 3. The summed E-state index contributed by atoms with van der Waals surface area (Å²) in [6.45, 7) is 0. The van der Waals surface area contributed by atoms with Crippen molar-refractivity contribution in [3.05, 3.63) is 48.0 Å². The van der Waals surface area contributed by atoms with Crippen molar-refractivity contribution in [2.24, 2.45) is 0 Å². The monoisotopic (exact) mass is 266 g/mol. The topological polar surface area (TPSA) is 35.5 Å². The molecule has 0 saturated heterocycles. The summed E-state index contributed by atoms with van der Waals surface area (Å²) < 4.78 is 10.9. The Kier molecular flexibility index (Phi) is 3.03. The zero-order valence-electron chi connectivity index (χ0n) is 11.3. The van der Waals surface area contributed by atoms with E-state index in [4.69, 9.17) is 9.47 Å². The van der Waals surface area contributed by atoms with Crippen LogP contribution in [0.3, 0.4) is 0 Å². The highest BCUT2D eigenvalue weighted by molar-refractivity contribution is 6.15. The quantitative estimate of drug-likeness (QED) is 0.534. The van der Waals surface area contributed by atoms with E-state index in [0.717, 1.165) is 27.8 Å². The molecule has 0 amide bonds. The third-order valence-electron chi connectivity index (χ3n) is 3.53. The highest BCUT2D eigenvalue weighted by atomic mass is 16.5. The maximum atomic E-state index is 11.3. The molecule has 0 bridgehead atoms. The molecule has 0 radical (unpaired) electrons. The smallest absolute Gasteiger partial charge is 0.169 e. The summed E-state index contributed by atoms with van der Waals surface area (Å²) in [6, 6.07) is 13.7. The third-order valence-corrected chi connectivity index (χ3v) is 3.53. The molecule has 3 heteroatoms. The molecule has 3 rings (SSSR count). The Morgan fingerprint density at radius 2 is 1.75 bits per heavy atom. The van der Waals surface area contributed by atoms with Crippen LogP contribution in [0.2, 0.25) is 0 Å². The summed E-state index contributed by atoms with van der Waals surface area (Å²) in [6.07, 6.45) is 0.846. The van der Waals surface area contributed by atoms with E-state index in [0.29, 0.717) is 17.1 Å². The Bertz CT molecular complexity index is 806. The molecule has 100 valence electrons. The standard InChI is InChI=1S/C17H14O3/c1-19-15-9-12(10-18)14-8-7-11-5-3-4-6-13(11)16(14)17(15)20-2/h3-10H,1-2H3. The van der Waals surface area contributed by atoms with Gasteiger partial charge in [0.25, 0.3) is 0 Å². The molecular formula is C17H14O3. The van der Waals surface area contributed by atoms with E-state index in [1.165, 1.54) is 0 Å². The first-order chi connectivity index (χ1) is 9.80. The van der Waals surface area contributed by atoms with Gasteiger partial charge in [-0.05, 0) is 22.2 Å². The van der Waals surface area contributed by atoms with E-state index >= 15 is 0 Å². The van der Waals surface area contributed by atoms with Crippen molar-refractivity contribution < 1.29 is 14.3 Å². The first-order valence-electron chi connectivity index (χ1n) is 6.31. The SMILES string of the molecule is COc1cc(C=O)c2ccc3ccccc3c2c1OC. The zero-order chi connectivity index (χ0) is 14.1. The van der Waals surface area contributed by atoms with Crippen molar-refractivity contribution in [2.75, 3.05) is 14.2 Å². The minimum Gasteiger partial charge on any atom is -0.493 e. The molecule has 3 aromatic rings. The van der Waals surface area contributed by atoms with E-state index in [2.05, 4.69) is 0 Å².